The normalized spacial score (nSPS) is 18.7. The van der Waals surface area contributed by atoms with Crippen LogP contribution in [-0.2, 0) is 4.74 Å². The number of pyridine rings is 1. The van der Waals surface area contributed by atoms with Crippen LogP contribution in [0.15, 0.2) is 60.1 Å². The van der Waals surface area contributed by atoms with Crippen LogP contribution in [0.25, 0.3) is 0 Å². The number of thiophene rings is 1. The molecule has 29 heavy (non-hydrogen) atoms. The third kappa shape index (κ3) is 4.23. The van der Waals surface area contributed by atoms with Gasteiger partial charge in [-0.2, -0.15) is 0 Å². The second kappa shape index (κ2) is 9.09. The van der Waals surface area contributed by atoms with Crippen LogP contribution in [-0.4, -0.2) is 30.4 Å². The quantitative estimate of drug-likeness (QED) is 0.408. The summed E-state index contributed by atoms with van der Waals surface area (Å²) in [5, 5.41) is 6.69. The van der Waals surface area contributed by atoms with E-state index in [0.29, 0.717) is 29.1 Å². The van der Waals surface area contributed by atoms with Crippen LogP contribution in [0.2, 0.25) is 5.02 Å². The zero-order valence-electron chi connectivity index (χ0n) is 15.7. The van der Waals surface area contributed by atoms with Crippen LogP contribution in [0.5, 0.6) is 5.75 Å². The summed E-state index contributed by atoms with van der Waals surface area (Å²) < 4.78 is 10.7. The van der Waals surface area contributed by atoms with Gasteiger partial charge in [0, 0.05) is 23.9 Å². The van der Waals surface area contributed by atoms with E-state index in [1.165, 1.54) is 4.88 Å². The summed E-state index contributed by atoms with van der Waals surface area (Å²) >= 11 is 13.9. The fourth-order valence-electron chi connectivity index (χ4n) is 3.37. The van der Waals surface area contributed by atoms with Gasteiger partial charge in [-0.15, -0.1) is 11.3 Å². The summed E-state index contributed by atoms with van der Waals surface area (Å²) in [5.41, 5.74) is 1.85. The maximum atomic E-state index is 6.49. The highest BCUT2D eigenvalue weighted by atomic mass is 35.5. The minimum absolute atomic E-state index is 0.0197. The number of aromatic nitrogens is 1. The number of thiocarbonyl (C=S) groups is 1. The van der Waals surface area contributed by atoms with Crippen molar-refractivity contribution in [2.75, 3.05) is 25.2 Å². The molecule has 3 aromatic rings. The summed E-state index contributed by atoms with van der Waals surface area (Å²) in [5.74, 6) is 0.625. The molecule has 1 aromatic carbocycles. The highest BCUT2D eigenvalue weighted by molar-refractivity contribution is 7.80. The van der Waals surface area contributed by atoms with Crippen molar-refractivity contribution in [1.82, 2.24) is 10.3 Å². The molecule has 8 heteroatoms. The van der Waals surface area contributed by atoms with Gasteiger partial charge >= 0.3 is 0 Å². The minimum atomic E-state index is -0.0567. The van der Waals surface area contributed by atoms with Gasteiger partial charge in [-0.1, -0.05) is 23.7 Å². The van der Waals surface area contributed by atoms with Gasteiger partial charge in [0.2, 0.25) is 0 Å². The first-order valence-electron chi connectivity index (χ1n) is 9.14. The molecule has 3 heterocycles. The smallest absolute Gasteiger partial charge is 0.174 e. The first kappa shape index (κ1) is 20.1. The highest BCUT2D eigenvalue weighted by Gasteiger charge is 2.41. The molecule has 0 spiro atoms. The molecule has 0 bridgehead atoms. The lowest BCUT2D eigenvalue weighted by atomic mass is 10.0. The standard InChI is InChI=1S/C21H20ClN3O2S2/c1-26-10-11-27-17-8-7-14(13-15(17)22)25-20(18-6-4-12-29-18)19(24-21(25)28)16-5-2-3-9-23-16/h2-9,12-13,19-20H,10-11H2,1H3,(H,24,28). The molecule has 2 atom stereocenters. The van der Waals surface area contributed by atoms with Gasteiger partial charge in [-0.3, -0.25) is 4.98 Å². The van der Waals surface area contributed by atoms with E-state index in [2.05, 4.69) is 32.7 Å². The molecule has 2 unspecified atom stereocenters. The number of hydrogen-bond donors (Lipinski definition) is 1. The van der Waals surface area contributed by atoms with Crippen molar-refractivity contribution in [1.29, 1.82) is 0 Å². The lowest BCUT2D eigenvalue weighted by Gasteiger charge is -2.27. The predicted octanol–water partition coefficient (Wildman–Crippen LogP) is 5.00. The summed E-state index contributed by atoms with van der Waals surface area (Å²) in [7, 11) is 1.64. The first-order valence-corrected chi connectivity index (χ1v) is 10.8. The van der Waals surface area contributed by atoms with E-state index in [1.807, 2.05) is 36.4 Å². The number of halogens is 1. The van der Waals surface area contributed by atoms with Crippen molar-refractivity contribution in [3.63, 3.8) is 0 Å². The Morgan fingerprint density at radius 1 is 1.21 bits per heavy atom. The van der Waals surface area contributed by atoms with E-state index >= 15 is 0 Å². The summed E-state index contributed by atoms with van der Waals surface area (Å²) in [6.45, 7) is 0.948. The minimum Gasteiger partial charge on any atom is -0.490 e. The molecule has 1 fully saturated rings. The van der Waals surface area contributed by atoms with E-state index in [0.717, 1.165) is 11.4 Å². The zero-order chi connectivity index (χ0) is 20.2. The lowest BCUT2D eigenvalue weighted by Crippen LogP contribution is -2.29. The van der Waals surface area contributed by atoms with Crippen LogP contribution in [0.3, 0.4) is 0 Å². The summed E-state index contributed by atoms with van der Waals surface area (Å²) in [4.78, 5) is 7.86. The number of methoxy groups -OCH3 is 1. The average molecular weight is 446 g/mol. The molecule has 5 nitrogen and oxygen atoms in total. The fraction of sp³-hybridized carbons (Fsp3) is 0.238. The molecule has 4 rings (SSSR count). The van der Waals surface area contributed by atoms with E-state index in [4.69, 9.17) is 33.3 Å². The first-order chi connectivity index (χ1) is 14.2. The Kier molecular flexibility index (Phi) is 6.30. The number of hydrogen-bond acceptors (Lipinski definition) is 5. The van der Waals surface area contributed by atoms with Gasteiger partial charge in [0.25, 0.3) is 0 Å². The molecule has 0 radical (unpaired) electrons. The molecule has 150 valence electrons. The molecular formula is C21H20ClN3O2S2. The summed E-state index contributed by atoms with van der Waals surface area (Å²) in [6.07, 6.45) is 1.80. The molecule has 0 amide bonds. The van der Waals surface area contributed by atoms with Crippen molar-refractivity contribution in [2.45, 2.75) is 12.1 Å². The number of rotatable bonds is 7. The van der Waals surface area contributed by atoms with Crippen molar-refractivity contribution < 1.29 is 9.47 Å². The van der Waals surface area contributed by atoms with Gasteiger partial charge in [-0.05, 0) is 54.0 Å². The largest absolute Gasteiger partial charge is 0.490 e. The lowest BCUT2D eigenvalue weighted by molar-refractivity contribution is 0.146. The molecule has 0 saturated carbocycles. The van der Waals surface area contributed by atoms with Crippen molar-refractivity contribution in [3.8, 4) is 5.75 Å². The van der Waals surface area contributed by atoms with Gasteiger partial charge in [-0.25, -0.2) is 0 Å². The van der Waals surface area contributed by atoms with Gasteiger partial charge in [0.1, 0.15) is 12.4 Å². The maximum absolute atomic E-state index is 6.49. The van der Waals surface area contributed by atoms with Crippen LogP contribution >= 0.6 is 35.2 Å². The van der Waals surface area contributed by atoms with Gasteiger partial charge in [0.15, 0.2) is 5.11 Å². The maximum Gasteiger partial charge on any atom is 0.174 e. The molecule has 1 N–H and O–H groups in total. The molecular weight excluding hydrogens is 426 g/mol. The van der Waals surface area contributed by atoms with Crippen LogP contribution in [0, 0.1) is 0 Å². The summed E-state index contributed by atoms with van der Waals surface area (Å²) in [6, 6.07) is 15.8. The Balaban J connectivity index is 1.68. The number of nitrogens with one attached hydrogen (secondary N) is 1. The van der Waals surface area contributed by atoms with Gasteiger partial charge < -0.3 is 19.7 Å². The van der Waals surface area contributed by atoms with Crippen molar-refractivity contribution >= 4 is 46.0 Å². The number of anilines is 1. The van der Waals surface area contributed by atoms with E-state index in [9.17, 15) is 0 Å². The molecule has 2 aromatic heterocycles. The Morgan fingerprint density at radius 2 is 2.10 bits per heavy atom. The van der Waals surface area contributed by atoms with E-state index < -0.39 is 0 Å². The number of nitrogens with zero attached hydrogens (tertiary/aromatic N) is 2. The highest BCUT2D eigenvalue weighted by Crippen LogP contribution is 2.44. The Morgan fingerprint density at radius 3 is 2.79 bits per heavy atom. The van der Waals surface area contributed by atoms with E-state index in [1.54, 1.807) is 24.6 Å². The monoisotopic (exact) mass is 445 g/mol. The zero-order valence-corrected chi connectivity index (χ0v) is 18.1. The Hall–Kier alpha value is -2.19. The second-order valence-corrected chi connectivity index (χ2v) is 8.24. The van der Waals surface area contributed by atoms with Crippen LogP contribution in [0.1, 0.15) is 22.7 Å². The predicted molar refractivity (Wildman–Crippen MR) is 121 cm³/mol. The van der Waals surface area contributed by atoms with E-state index in [-0.39, 0.29) is 12.1 Å². The molecule has 1 saturated heterocycles. The second-order valence-electron chi connectivity index (χ2n) is 6.47. The number of benzene rings is 1. The van der Waals surface area contributed by atoms with Crippen molar-refractivity contribution in [3.05, 3.63) is 75.7 Å². The van der Waals surface area contributed by atoms with Crippen molar-refractivity contribution in [2.24, 2.45) is 0 Å². The Labute approximate surface area is 184 Å². The topological polar surface area (TPSA) is 46.6 Å². The van der Waals surface area contributed by atoms with Crippen LogP contribution < -0.4 is 15.0 Å². The van der Waals surface area contributed by atoms with Crippen LogP contribution in [0.4, 0.5) is 5.69 Å². The SMILES string of the molecule is COCCOc1ccc(N2C(=S)NC(c3ccccn3)C2c2cccs2)cc1Cl. The molecule has 1 aliphatic heterocycles. The third-order valence-corrected chi connectivity index (χ3v) is 6.22. The Bertz CT molecular complexity index is 969. The number of ether oxygens (including phenoxy) is 2. The molecule has 1 aliphatic rings. The average Bonchev–Trinajstić information content (AvgIpc) is 3.37. The van der Waals surface area contributed by atoms with Gasteiger partial charge in [0.05, 0.1) is 29.4 Å². The molecule has 0 aliphatic carbocycles. The third-order valence-electron chi connectivity index (χ3n) is 4.67. The fourth-order valence-corrected chi connectivity index (χ4v) is 4.80.